The van der Waals surface area contributed by atoms with Crippen LogP contribution in [0.3, 0.4) is 0 Å². The van der Waals surface area contributed by atoms with Crippen molar-refractivity contribution in [1.82, 2.24) is 9.80 Å². The van der Waals surface area contributed by atoms with Gasteiger partial charge in [0.05, 0.1) is 6.61 Å². The Bertz CT molecular complexity index is 825. The predicted octanol–water partition coefficient (Wildman–Crippen LogP) is 2.50. The zero-order chi connectivity index (χ0) is 19.2. The quantitative estimate of drug-likeness (QED) is 0.785. The summed E-state index contributed by atoms with van der Waals surface area (Å²) in [6.45, 7) is 1.68. The number of carbonyl (C=O) groups excluding carboxylic acids is 2. The van der Waals surface area contributed by atoms with Gasteiger partial charge in [-0.3, -0.25) is 9.59 Å². The maximum atomic E-state index is 13.5. The summed E-state index contributed by atoms with van der Waals surface area (Å²) >= 11 is 0. The van der Waals surface area contributed by atoms with Crippen LogP contribution in [0.25, 0.3) is 0 Å². The number of nitrogens with zero attached hydrogens (tertiary/aromatic N) is 2. The molecule has 0 spiro atoms. The number of carbonyl (C=O) groups is 2. The first kappa shape index (κ1) is 19.0. The highest BCUT2D eigenvalue weighted by atomic mass is 19.1. The van der Waals surface area contributed by atoms with Crippen LogP contribution < -0.4 is 0 Å². The lowest BCUT2D eigenvalue weighted by Gasteiger charge is -2.31. The van der Waals surface area contributed by atoms with Crippen molar-refractivity contribution in [3.8, 4) is 0 Å². The molecule has 0 fully saturated rings. The Morgan fingerprint density at radius 1 is 1.15 bits per heavy atom. The molecule has 0 aromatic heterocycles. The first-order valence-corrected chi connectivity index (χ1v) is 8.97. The average molecular weight is 370 g/mol. The third kappa shape index (κ3) is 4.71. The largest absolute Gasteiger partial charge is 0.383 e. The van der Waals surface area contributed by atoms with E-state index in [0.717, 1.165) is 12.0 Å². The summed E-state index contributed by atoms with van der Waals surface area (Å²) in [4.78, 5) is 28.7. The summed E-state index contributed by atoms with van der Waals surface area (Å²) in [7, 11) is 1.54. The number of hydrogen-bond acceptors (Lipinski definition) is 3. The summed E-state index contributed by atoms with van der Waals surface area (Å²) < 4.78 is 18.5. The minimum atomic E-state index is -0.480. The van der Waals surface area contributed by atoms with Gasteiger partial charge < -0.3 is 14.5 Å². The van der Waals surface area contributed by atoms with E-state index in [1.54, 1.807) is 11.0 Å². The van der Waals surface area contributed by atoms with Crippen molar-refractivity contribution in [3.63, 3.8) is 0 Å². The number of benzene rings is 2. The second-order valence-corrected chi connectivity index (χ2v) is 6.56. The zero-order valence-corrected chi connectivity index (χ0v) is 15.4. The molecule has 1 aliphatic rings. The fourth-order valence-corrected chi connectivity index (χ4v) is 3.23. The highest BCUT2D eigenvalue weighted by molar-refractivity contribution is 5.96. The van der Waals surface area contributed by atoms with Crippen LogP contribution >= 0.6 is 0 Å². The highest BCUT2D eigenvalue weighted by Crippen LogP contribution is 2.19. The summed E-state index contributed by atoms with van der Waals surface area (Å²) in [5, 5.41) is 0. The average Bonchev–Trinajstić information content (AvgIpc) is 2.70. The Hall–Kier alpha value is -2.73. The van der Waals surface area contributed by atoms with Crippen molar-refractivity contribution >= 4 is 11.8 Å². The van der Waals surface area contributed by atoms with Crippen molar-refractivity contribution in [2.24, 2.45) is 0 Å². The maximum Gasteiger partial charge on any atom is 0.254 e. The molecule has 27 heavy (non-hydrogen) atoms. The van der Waals surface area contributed by atoms with Gasteiger partial charge in [-0.25, -0.2) is 4.39 Å². The van der Waals surface area contributed by atoms with Crippen molar-refractivity contribution in [2.75, 3.05) is 33.4 Å². The van der Waals surface area contributed by atoms with Gasteiger partial charge in [-0.2, -0.15) is 0 Å². The standard InChI is InChI=1S/C21H23FN2O3/c1-27-12-11-24(21(26)17-7-4-8-19(22)13-17)15-20(25)23-10-9-16-5-2-3-6-18(16)14-23/h2-8,13H,9-12,14-15H2,1H3. The molecular weight excluding hydrogens is 347 g/mol. The number of hydrogen-bond donors (Lipinski definition) is 0. The van der Waals surface area contributed by atoms with Crippen LogP contribution in [-0.4, -0.2) is 55.0 Å². The van der Waals surface area contributed by atoms with Gasteiger partial charge in [0.1, 0.15) is 12.4 Å². The lowest BCUT2D eigenvalue weighted by atomic mass is 10.00. The van der Waals surface area contributed by atoms with E-state index in [1.807, 2.05) is 18.2 Å². The Morgan fingerprint density at radius 2 is 1.93 bits per heavy atom. The number of amides is 2. The smallest absolute Gasteiger partial charge is 0.254 e. The van der Waals surface area contributed by atoms with Gasteiger partial charge in [-0.15, -0.1) is 0 Å². The summed E-state index contributed by atoms with van der Waals surface area (Å²) in [5.74, 6) is -0.978. The molecule has 1 aliphatic heterocycles. The Kier molecular flexibility index (Phi) is 6.19. The number of ether oxygens (including phenoxy) is 1. The van der Waals surface area contributed by atoms with Crippen molar-refractivity contribution in [2.45, 2.75) is 13.0 Å². The summed E-state index contributed by atoms with van der Waals surface area (Å²) in [5.41, 5.74) is 2.62. The molecule has 1 heterocycles. The molecule has 0 bridgehead atoms. The van der Waals surface area contributed by atoms with Crippen LogP contribution in [0.5, 0.6) is 0 Å². The van der Waals surface area contributed by atoms with Gasteiger partial charge in [-0.1, -0.05) is 30.3 Å². The second-order valence-electron chi connectivity index (χ2n) is 6.56. The second kappa shape index (κ2) is 8.77. The van der Waals surface area contributed by atoms with E-state index in [2.05, 4.69) is 6.07 Å². The minimum Gasteiger partial charge on any atom is -0.383 e. The molecule has 2 amide bonds. The number of halogens is 1. The van der Waals surface area contributed by atoms with Gasteiger partial charge >= 0.3 is 0 Å². The van der Waals surface area contributed by atoms with Crippen LogP contribution in [0.1, 0.15) is 21.5 Å². The highest BCUT2D eigenvalue weighted by Gasteiger charge is 2.25. The fraction of sp³-hybridized carbons (Fsp3) is 0.333. The molecule has 0 saturated carbocycles. The Balaban J connectivity index is 1.70. The van der Waals surface area contributed by atoms with Crippen LogP contribution in [0.2, 0.25) is 0 Å². The van der Waals surface area contributed by atoms with E-state index in [4.69, 9.17) is 4.74 Å². The van der Waals surface area contributed by atoms with Gasteiger partial charge in [-0.05, 0) is 35.7 Å². The molecule has 142 valence electrons. The van der Waals surface area contributed by atoms with Crippen LogP contribution in [-0.2, 0) is 22.5 Å². The Labute approximate surface area is 158 Å². The first-order valence-electron chi connectivity index (χ1n) is 8.97. The molecule has 0 radical (unpaired) electrons. The monoisotopic (exact) mass is 370 g/mol. The van der Waals surface area contributed by atoms with E-state index in [-0.39, 0.29) is 30.5 Å². The summed E-state index contributed by atoms with van der Waals surface area (Å²) in [6.07, 6.45) is 0.803. The maximum absolute atomic E-state index is 13.5. The molecule has 6 heteroatoms. The minimum absolute atomic E-state index is 0.0547. The number of fused-ring (bicyclic) bond motifs is 1. The van der Waals surface area contributed by atoms with Gasteiger partial charge in [0.15, 0.2) is 0 Å². The topological polar surface area (TPSA) is 49.9 Å². The summed E-state index contributed by atoms with van der Waals surface area (Å²) in [6, 6.07) is 13.6. The molecule has 0 N–H and O–H groups in total. The third-order valence-electron chi connectivity index (χ3n) is 4.73. The molecule has 0 aliphatic carbocycles. The molecule has 0 unspecified atom stereocenters. The van der Waals surface area contributed by atoms with Crippen molar-refractivity contribution in [3.05, 3.63) is 71.0 Å². The van der Waals surface area contributed by atoms with Crippen molar-refractivity contribution < 1.29 is 18.7 Å². The van der Waals surface area contributed by atoms with E-state index < -0.39 is 5.82 Å². The lowest BCUT2D eigenvalue weighted by molar-refractivity contribution is -0.133. The van der Waals surface area contributed by atoms with Gasteiger partial charge in [0.2, 0.25) is 5.91 Å². The lowest BCUT2D eigenvalue weighted by Crippen LogP contribution is -2.45. The molecule has 2 aromatic carbocycles. The molecular formula is C21H23FN2O3. The van der Waals surface area contributed by atoms with Crippen LogP contribution in [0.4, 0.5) is 4.39 Å². The van der Waals surface area contributed by atoms with E-state index in [9.17, 15) is 14.0 Å². The van der Waals surface area contributed by atoms with Crippen molar-refractivity contribution in [1.29, 1.82) is 0 Å². The van der Waals surface area contributed by atoms with E-state index >= 15 is 0 Å². The van der Waals surface area contributed by atoms with Gasteiger partial charge in [0.25, 0.3) is 5.91 Å². The normalized spacial score (nSPS) is 13.2. The van der Waals surface area contributed by atoms with Crippen LogP contribution in [0, 0.1) is 5.82 Å². The molecule has 5 nitrogen and oxygen atoms in total. The van der Waals surface area contributed by atoms with Gasteiger partial charge in [0, 0.05) is 32.3 Å². The zero-order valence-electron chi connectivity index (χ0n) is 15.4. The molecule has 3 rings (SSSR count). The fourth-order valence-electron chi connectivity index (χ4n) is 3.23. The predicted molar refractivity (Wildman–Crippen MR) is 99.7 cm³/mol. The third-order valence-corrected chi connectivity index (χ3v) is 4.73. The van der Waals surface area contributed by atoms with Crippen LogP contribution in [0.15, 0.2) is 48.5 Å². The van der Waals surface area contributed by atoms with E-state index in [1.165, 1.54) is 35.8 Å². The molecule has 0 atom stereocenters. The number of methoxy groups -OCH3 is 1. The molecule has 0 saturated heterocycles. The molecule has 2 aromatic rings. The SMILES string of the molecule is COCCN(CC(=O)N1CCc2ccccc2C1)C(=O)c1cccc(F)c1. The Morgan fingerprint density at radius 3 is 2.67 bits per heavy atom. The first-order chi connectivity index (χ1) is 13.1. The van der Waals surface area contributed by atoms with E-state index in [0.29, 0.717) is 19.7 Å². The number of rotatable bonds is 6.